The number of aromatic hydroxyl groups is 1. The summed E-state index contributed by atoms with van der Waals surface area (Å²) in [5.74, 6) is -9.81. The second-order valence-electron chi connectivity index (χ2n) is 7.69. The largest absolute Gasteiger partial charge is 0.505 e. The molecule has 1 aromatic carbocycles. The topological polar surface area (TPSA) is 127 Å². The average molecular weight is 475 g/mol. The first-order valence-corrected chi connectivity index (χ1v) is 9.40. The molecule has 0 bridgehead atoms. The summed E-state index contributed by atoms with van der Waals surface area (Å²) in [4.78, 5) is 27.9. The number of amides is 2. The van der Waals surface area contributed by atoms with Gasteiger partial charge in [0, 0.05) is 23.6 Å². The molecule has 1 saturated heterocycles. The number of phenols is 1. The maximum absolute atomic E-state index is 14.0. The zero-order valence-electron chi connectivity index (χ0n) is 17.1. The van der Waals surface area contributed by atoms with Crippen molar-refractivity contribution in [1.29, 1.82) is 0 Å². The molecule has 0 spiro atoms. The highest BCUT2D eigenvalue weighted by atomic mass is 19.4. The minimum absolute atomic E-state index is 0.246. The van der Waals surface area contributed by atoms with Gasteiger partial charge in [-0.1, -0.05) is 13.0 Å². The van der Waals surface area contributed by atoms with Gasteiger partial charge in [-0.05, 0) is 25.1 Å². The average Bonchev–Trinajstić information content (AvgIpc) is 3.00. The number of hydrogen-bond donors (Lipinski definition) is 3. The quantitative estimate of drug-likeness (QED) is 0.464. The van der Waals surface area contributed by atoms with Crippen molar-refractivity contribution in [3.63, 3.8) is 0 Å². The van der Waals surface area contributed by atoms with E-state index in [4.69, 9.17) is 10.5 Å². The molecule has 13 heteroatoms. The van der Waals surface area contributed by atoms with Gasteiger partial charge < -0.3 is 20.8 Å². The fourth-order valence-electron chi connectivity index (χ4n) is 3.76. The number of rotatable bonds is 3. The van der Waals surface area contributed by atoms with Crippen molar-refractivity contribution in [1.82, 2.24) is 4.73 Å². The molecule has 1 aliphatic rings. The molecule has 0 unspecified atom stereocenters. The number of halogens is 5. The maximum atomic E-state index is 14.0. The standard InChI is InChI=1S/C20H18F5N3O5/c1-8-13(10-3-4-11(21)14(22)15(10)29)16(33-19(8,2)20(23,24)25)18(31)27-9-5-6-28(32)12(7-9)17(26)30/h3-8,13,16,29,32H,1-2H3,(H2,26,30)/t8-,13-,16-,19+/m1/s1. The number of phenolic OH excluding ortho intramolecular Hbond substituents is 1. The van der Waals surface area contributed by atoms with Crippen molar-refractivity contribution in [2.24, 2.45) is 16.6 Å². The van der Waals surface area contributed by atoms with Crippen molar-refractivity contribution >= 4 is 11.8 Å². The number of nitrogens with two attached hydrogens (primary N) is 1. The second kappa shape index (κ2) is 8.14. The van der Waals surface area contributed by atoms with E-state index in [-0.39, 0.29) is 5.36 Å². The number of nitrogens with zero attached hydrogens (tertiary/aromatic N) is 2. The molecule has 3 rings (SSSR count). The third kappa shape index (κ3) is 4.03. The Kier molecular flexibility index (Phi) is 5.96. The Balaban J connectivity index is 2.15. The SMILES string of the molecule is C[C@@H]1[C@H](c2ccc(F)c(F)c2O)[C@H](C(=O)N=c2ccn(O)c(C(N)=O)c2)O[C@]1(C)C(F)(F)F. The first kappa shape index (κ1) is 24.2. The molecule has 8 nitrogen and oxygen atoms in total. The molecule has 4 N–H and O–H groups in total. The van der Waals surface area contributed by atoms with Crippen LogP contribution in [0.3, 0.4) is 0 Å². The fourth-order valence-corrected chi connectivity index (χ4v) is 3.76. The summed E-state index contributed by atoms with van der Waals surface area (Å²) in [6.45, 7) is 1.78. The molecular weight excluding hydrogens is 457 g/mol. The normalized spacial score (nSPS) is 25.9. The van der Waals surface area contributed by atoms with E-state index in [1.807, 2.05) is 0 Å². The molecule has 0 saturated carbocycles. The summed E-state index contributed by atoms with van der Waals surface area (Å²) < 4.78 is 74.4. The van der Waals surface area contributed by atoms with E-state index >= 15 is 0 Å². The molecule has 0 radical (unpaired) electrons. The van der Waals surface area contributed by atoms with E-state index in [0.717, 1.165) is 31.3 Å². The van der Waals surface area contributed by atoms with E-state index in [1.165, 1.54) is 0 Å². The lowest BCUT2D eigenvalue weighted by atomic mass is 9.77. The molecule has 33 heavy (non-hydrogen) atoms. The molecule has 2 amide bonds. The highest BCUT2D eigenvalue weighted by Crippen LogP contribution is 2.54. The molecule has 2 heterocycles. The van der Waals surface area contributed by atoms with Gasteiger partial charge in [-0.2, -0.15) is 22.3 Å². The monoisotopic (exact) mass is 475 g/mol. The lowest BCUT2D eigenvalue weighted by Gasteiger charge is -2.31. The van der Waals surface area contributed by atoms with Gasteiger partial charge in [-0.15, -0.1) is 0 Å². The highest BCUT2D eigenvalue weighted by molar-refractivity contribution is 5.91. The summed E-state index contributed by atoms with van der Waals surface area (Å²) in [7, 11) is 0. The van der Waals surface area contributed by atoms with Crippen LogP contribution in [0.2, 0.25) is 0 Å². The van der Waals surface area contributed by atoms with Gasteiger partial charge in [0.05, 0.1) is 5.36 Å². The summed E-state index contributed by atoms with van der Waals surface area (Å²) >= 11 is 0. The van der Waals surface area contributed by atoms with Crippen LogP contribution in [0.25, 0.3) is 0 Å². The van der Waals surface area contributed by atoms with Crippen LogP contribution in [0.4, 0.5) is 22.0 Å². The number of carbonyl (C=O) groups is 2. The van der Waals surface area contributed by atoms with Crippen LogP contribution in [0.1, 0.15) is 35.8 Å². The summed E-state index contributed by atoms with van der Waals surface area (Å²) in [5.41, 5.74) is 1.25. The first-order chi connectivity index (χ1) is 15.2. The van der Waals surface area contributed by atoms with Gasteiger partial charge in [-0.3, -0.25) is 9.59 Å². The Labute approximate surface area is 182 Å². The van der Waals surface area contributed by atoms with Crippen molar-refractivity contribution in [3.05, 3.63) is 58.7 Å². The van der Waals surface area contributed by atoms with Crippen LogP contribution >= 0.6 is 0 Å². The Hall–Kier alpha value is -3.48. The van der Waals surface area contributed by atoms with Crippen molar-refractivity contribution in [3.8, 4) is 5.75 Å². The molecule has 4 atom stereocenters. The Morgan fingerprint density at radius 1 is 1.24 bits per heavy atom. The molecule has 1 fully saturated rings. The zero-order valence-corrected chi connectivity index (χ0v) is 17.1. The van der Waals surface area contributed by atoms with E-state index in [2.05, 4.69) is 4.99 Å². The van der Waals surface area contributed by atoms with Crippen molar-refractivity contribution in [2.75, 3.05) is 0 Å². The van der Waals surface area contributed by atoms with E-state index in [9.17, 15) is 41.9 Å². The van der Waals surface area contributed by atoms with Crippen LogP contribution in [-0.4, -0.2) is 44.7 Å². The van der Waals surface area contributed by atoms with E-state index < -0.39 is 70.2 Å². The molecule has 2 aromatic rings. The number of carbonyl (C=O) groups excluding carboxylic acids is 2. The second-order valence-corrected chi connectivity index (χ2v) is 7.69. The highest BCUT2D eigenvalue weighted by Gasteiger charge is 2.65. The molecule has 1 aromatic heterocycles. The van der Waals surface area contributed by atoms with Gasteiger partial charge >= 0.3 is 6.18 Å². The maximum Gasteiger partial charge on any atom is 0.417 e. The molecule has 0 aliphatic carbocycles. The minimum atomic E-state index is -4.97. The number of alkyl halides is 3. The zero-order chi connectivity index (χ0) is 24.9. The van der Waals surface area contributed by atoms with E-state index in [1.54, 1.807) is 0 Å². The summed E-state index contributed by atoms with van der Waals surface area (Å²) in [6.07, 6.45) is -6.01. The third-order valence-corrected chi connectivity index (χ3v) is 5.78. The number of pyridine rings is 1. The van der Waals surface area contributed by atoms with Gasteiger partial charge in [0.1, 0.15) is 11.8 Å². The molecule has 178 valence electrons. The summed E-state index contributed by atoms with van der Waals surface area (Å²) in [6, 6.07) is 3.44. The Morgan fingerprint density at radius 2 is 1.88 bits per heavy atom. The van der Waals surface area contributed by atoms with E-state index in [0.29, 0.717) is 17.7 Å². The van der Waals surface area contributed by atoms with Crippen LogP contribution in [0.15, 0.2) is 35.5 Å². The van der Waals surface area contributed by atoms with Gasteiger partial charge in [-0.25, -0.2) is 9.38 Å². The summed E-state index contributed by atoms with van der Waals surface area (Å²) in [5, 5.41) is 19.4. The number of hydrogen-bond acceptors (Lipinski definition) is 5. The van der Waals surface area contributed by atoms with Crippen LogP contribution < -0.4 is 11.1 Å². The van der Waals surface area contributed by atoms with Crippen LogP contribution in [0, 0.1) is 17.6 Å². The minimum Gasteiger partial charge on any atom is -0.505 e. The number of primary amides is 1. The number of ether oxygens (including phenoxy) is 1. The van der Waals surface area contributed by atoms with Crippen LogP contribution in [0.5, 0.6) is 5.75 Å². The van der Waals surface area contributed by atoms with Crippen molar-refractivity contribution < 1.29 is 46.6 Å². The Bertz CT molecular complexity index is 1200. The predicted octanol–water partition coefficient (Wildman–Crippen LogP) is 2.38. The van der Waals surface area contributed by atoms with Crippen molar-refractivity contribution in [2.45, 2.75) is 37.6 Å². The van der Waals surface area contributed by atoms with Gasteiger partial charge in [0.25, 0.3) is 11.8 Å². The predicted molar refractivity (Wildman–Crippen MR) is 100.0 cm³/mol. The fraction of sp³-hybridized carbons (Fsp3) is 0.350. The Morgan fingerprint density at radius 3 is 2.45 bits per heavy atom. The van der Waals surface area contributed by atoms with Gasteiger partial charge in [0.15, 0.2) is 17.2 Å². The van der Waals surface area contributed by atoms with Gasteiger partial charge in [0.2, 0.25) is 5.82 Å². The lowest BCUT2D eigenvalue weighted by Crippen LogP contribution is -2.47. The molecule has 1 aliphatic heterocycles. The van der Waals surface area contributed by atoms with Crippen LogP contribution in [-0.2, 0) is 9.53 Å². The third-order valence-electron chi connectivity index (χ3n) is 5.78. The number of benzene rings is 1. The lowest BCUT2D eigenvalue weighted by molar-refractivity contribution is -0.272. The number of aromatic nitrogens is 1. The first-order valence-electron chi connectivity index (χ1n) is 9.40. The molecular formula is C20H18F5N3O5. The smallest absolute Gasteiger partial charge is 0.417 e.